The van der Waals surface area contributed by atoms with E-state index in [1.165, 1.54) is 36.8 Å². The van der Waals surface area contributed by atoms with Gasteiger partial charge in [-0.3, -0.25) is 4.37 Å². The Morgan fingerprint density at radius 2 is 1.39 bits per heavy atom. The third kappa shape index (κ3) is 3.51. The minimum atomic E-state index is 0.772. The zero-order valence-electron chi connectivity index (χ0n) is 18.6. The van der Waals surface area contributed by atoms with E-state index in [4.69, 9.17) is 14.3 Å². The molecule has 0 saturated heterocycles. The molecule has 4 heterocycles. The summed E-state index contributed by atoms with van der Waals surface area (Å²) in [4.78, 5) is 15.2. The van der Waals surface area contributed by atoms with Crippen molar-refractivity contribution in [2.45, 2.75) is 33.6 Å². The van der Waals surface area contributed by atoms with Crippen molar-refractivity contribution in [1.29, 1.82) is 0 Å². The van der Waals surface area contributed by atoms with Crippen molar-refractivity contribution in [3.63, 3.8) is 0 Å². The Bertz CT molecular complexity index is 1510. The average molecular weight is 487 g/mol. The number of benzene rings is 2. The number of imidazole rings is 1. The number of hydrogen-bond acceptors (Lipinski definition) is 6. The lowest BCUT2D eigenvalue weighted by atomic mass is 10.0. The minimum absolute atomic E-state index is 0.772. The number of nitrogens with zero attached hydrogens (tertiary/aromatic N) is 3. The molecule has 0 aliphatic rings. The molecule has 0 aliphatic carbocycles. The molecule has 0 bridgehead atoms. The van der Waals surface area contributed by atoms with E-state index in [0.29, 0.717) is 0 Å². The van der Waals surface area contributed by atoms with E-state index in [0.717, 1.165) is 57.4 Å². The van der Waals surface area contributed by atoms with Gasteiger partial charge in [0.1, 0.15) is 16.6 Å². The lowest BCUT2D eigenvalue weighted by Crippen LogP contribution is -1.87. The van der Waals surface area contributed by atoms with Crippen LogP contribution in [0.3, 0.4) is 0 Å². The number of hydrogen-bond donors (Lipinski definition) is 1. The molecule has 7 heteroatoms. The smallest absolute Gasteiger partial charge is 0.160 e. The van der Waals surface area contributed by atoms with E-state index in [1.54, 1.807) is 22.7 Å². The molecule has 0 fully saturated rings. The van der Waals surface area contributed by atoms with Gasteiger partial charge in [0.15, 0.2) is 5.82 Å². The summed E-state index contributed by atoms with van der Waals surface area (Å²) in [5.74, 6) is 0.772. The zero-order valence-corrected chi connectivity index (χ0v) is 21.0. The van der Waals surface area contributed by atoms with Crippen LogP contribution in [0, 0.1) is 13.8 Å². The van der Waals surface area contributed by atoms with Gasteiger partial charge in [0.05, 0.1) is 5.52 Å². The van der Waals surface area contributed by atoms with Crippen molar-refractivity contribution in [2.24, 2.45) is 0 Å². The molecular weight excluding hydrogens is 465 g/mol. The number of aryl methyl sites for hydroxylation is 3. The van der Waals surface area contributed by atoms with Crippen LogP contribution in [0.2, 0.25) is 0 Å². The molecule has 6 rings (SSSR count). The van der Waals surface area contributed by atoms with Crippen molar-refractivity contribution >= 4 is 56.5 Å². The topological polar surface area (TPSA) is 54.5 Å². The summed E-state index contributed by atoms with van der Waals surface area (Å²) in [5, 5.41) is 0. The van der Waals surface area contributed by atoms with E-state index in [9.17, 15) is 0 Å². The van der Waals surface area contributed by atoms with Crippen LogP contribution >= 0.6 is 34.4 Å². The highest BCUT2D eigenvalue weighted by Gasteiger charge is 2.24. The highest BCUT2D eigenvalue weighted by Crippen LogP contribution is 2.45. The second-order valence-electron chi connectivity index (χ2n) is 8.27. The number of thiophene rings is 2. The fraction of sp³-hybridized carbons (Fsp3) is 0.192. The molecule has 164 valence electrons. The molecule has 4 nitrogen and oxygen atoms in total. The van der Waals surface area contributed by atoms with Crippen LogP contribution in [0.5, 0.6) is 0 Å². The maximum absolute atomic E-state index is 5.12. The Balaban J connectivity index is 1.67. The number of H-pyrrole nitrogens is 1. The van der Waals surface area contributed by atoms with Gasteiger partial charge in [-0.15, -0.1) is 22.7 Å². The van der Waals surface area contributed by atoms with Crippen LogP contribution in [-0.4, -0.2) is 18.7 Å². The SMILES string of the molecule is CCCc1ccc(-c2nc3c(-c4ccc(C)s4)c4ns[nH]c4c(-c4ccc(C)s4)c3n2)cc1. The van der Waals surface area contributed by atoms with Gasteiger partial charge in [0, 0.05) is 47.9 Å². The van der Waals surface area contributed by atoms with E-state index >= 15 is 0 Å². The molecule has 0 aliphatic heterocycles. The summed E-state index contributed by atoms with van der Waals surface area (Å²) in [5.41, 5.74) is 8.46. The third-order valence-electron chi connectivity index (χ3n) is 5.87. The first kappa shape index (κ1) is 20.7. The van der Waals surface area contributed by atoms with Crippen molar-refractivity contribution in [3.8, 4) is 32.3 Å². The molecule has 6 aromatic rings. The van der Waals surface area contributed by atoms with Gasteiger partial charge in [-0.25, -0.2) is 9.97 Å². The summed E-state index contributed by atoms with van der Waals surface area (Å²) in [7, 11) is 0. The molecule has 0 saturated carbocycles. The predicted octanol–water partition coefficient (Wildman–Crippen LogP) is 8.26. The summed E-state index contributed by atoms with van der Waals surface area (Å²) in [6.45, 7) is 6.48. The summed E-state index contributed by atoms with van der Waals surface area (Å²) in [6.07, 6.45) is 2.23. The molecule has 4 aromatic heterocycles. The second-order valence-corrected chi connectivity index (χ2v) is 11.4. The lowest BCUT2D eigenvalue weighted by Gasteiger charge is -2.06. The fourth-order valence-electron chi connectivity index (χ4n) is 4.32. The first-order chi connectivity index (χ1) is 16.1. The van der Waals surface area contributed by atoms with Crippen LogP contribution < -0.4 is 0 Å². The largest absolute Gasteiger partial charge is 0.293 e. The quantitative estimate of drug-likeness (QED) is 0.267. The lowest BCUT2D eigenvalue weighted by molar-refractivity contribution is 0.922. The number of aromatic amines is 1. The van der Waals surface area contributed by atoms with Crippen LogP contribution in [0.15, 0.2) is 48.5 Å². The number of rotatable bonds is 5. The summed E-state index contributed by atoms with van der Waals surface area (Å²) < 4.78 is 8.24. The van der Waals surface area contributed by atoms with Crippen LogP contribution in [0.4, 0.5) is 0 Å². The number of nitrogens with one attached hydrogen (secondary N) is 1. The molecule has 0 atom stereocenters. The fourth-order valence-corrected chi connectivity index (χ4v) is 6.76. The van der Waals surface area contributed by atoms with Crippen LogP contribution in [-0.2, 0) is 6.42 Å². The molecule has 2 aromatic carbocycles. The molecule has 0 unspecified atom stereocenters. The minimum Gasteiger partial charge on any atom is -0.293 e. The monoisotopic (exact) mass is 486 g/mol. The van der Waals surface area contributed by atoms with Crippen molar-refractivity contribution in [2.75, 3.05) is 0 Å². The second kappa shape index (κ2) is 8.17. The Hall–Kier alpha value is -2.87. The summed E-state index contributed by atoms with van der Waals surface area (Å²) >= 11 is 4.95. The third-order valence-corrected chi connectivity index (χ3v) is 8.47. The first-order valence-electron chi connectivity index (χ1n) is 11.0. The van der Waals surface area contributed by atoms with Gasteiger partial charge in [0.25, 0.3) is 0 Å². The Kier molecular flexibility index (Phi) is 5.13. The molecule has 33 heavy (non-hydrogen) atoms. The van der Waals surface area contributed by atoms with E-state index in [-0.39, 0.29) is 0 Å². The highest BCUT2D eigenvalue weighted by molar-refractivity contribution is 7.16. The van der Waals surface area contributed by atoms with Gasteiger partial charge < -0.3 is 0 Å². The average Bonchev–Trinajstić information content (AvgIpc) is 3.60. The first-order valence-corrected chi connectivity index (χ1v) is 13.4. The molecule has 1 N–H and O–H groups in total. The van der Waals surface area contributed by atoms with E-state index < -0.39 is 0 Å². The van der Waals surface area contributed by atoms with Crippen LogP contribution in [0.1, 0.15) is 28.7 Å². The van der Waals surface area contributed by atoms with Gasteiger partial charge in [-0.05, 0) is 50.1 Å². The maximum atomic E-state index is 5.12. The zero-order chi connectivity index (χ0) is 22.5. The Labute approximate surface area is 204 Å². The van der Waals surface area contributed by atoms with E-state index in [2.05, 4.69) is 73.7 Å². The number of aromatic nitrogens is 4. The highest BCUT2D eigenvalue weighted by atomic mass is 32.1. The van der Waals surface area contributed by atoms with Crippen molar-refractivity contribution in [3.05, 3.63) is 63.8 Å². The van der Waals surface area contributed by atoms with Crippen molar-refractivity contribution in [1.82, 2.24) is 18.7 Å². The van der Waals surface area contributed by atoms with Crippen LogP contribution in [0.25, 0.3) is 54.3 Å². The predicted molar refractivity (Wildman–Crippen MR) is 143 cm³/mol. The number of fused-ring (bicyclic) bond motifs is 2. The Morgan fingerprint density at radius 3 is 2.00 bits per heavy atom. The van der Waals surface area contributed by atoms with Gasteiger partial charge in [0.2, 0.25) is 0 Å². The van der Waals surface area contributed by atoms with E-state index in [1.807, 2.05) is 0 Å². The molecular formula is C26H22N4S3. The van der Waals surface area contributed by atoms with Crippen molar-refractivity contribution < 1.29 is 0 Å². The summed E-state index contributed by atoms with van der Waals surface area (Å²) in [6, 6.07) is 17.4. The standard InChI is InChI=1S/C26H22N4S3/c1-4-5-16-8-10-17(11-9-16)26-27-22-20(18-12-6-14(2)31-18)24-25(30-33-29-24)21(23(22)28-26)19-13-7-15(3)32-19/h6-13,29H,4-5H2,1-3H3. The van der Waals surface area contributed by atoms with Gasteiger partial charge in [-0.2, -0.15) is 4.37 Å². The Morgan fingerprint density at radius 1 is 0.758 bits per heavy atom. The molecule has 0 spiro atoms. The molecule has 0 radical (unpaired) electrons. The normalized spacial score (nSPS) is 11.7. The maximum Gasteiger partial charge on any atom is 0.160 e. The molecule has 0 amide bonds. The van der Waals surface area contributed by atoms with Gasteiger partial charge in [-0.1, -0.05) is 37.6 Å². The van der Waals surface area contributed by atoms with Gasteiger partial charge >= 0.3 is 0 Å².